The number of carbonyl (C=O) groups excluding carboxylic acids is 3. The zero-order valence-corrected chi connectivity index (χ0v) is 20.5. The lowest BCUT2D eigenvalue weighted by molar-refractivity contribution is -0.143. The lowest BCUT2D eigenvalue weighted by Gasteiger charge is -2.36. The maximum absolute atomic E-state index is 13.9. The van der Waals surface area contributed by atoms with Crippen LogP contribution < -0.4 is 10.6 Å². The molecule has 3 amide bonds. The molecule has 33 heavy (non-hydrogen) atoms. The molecule has 0 aromatic heterocycles. The minimum absolute atomic E-state index is 0.0888. The molecule has 1 aromatic carbocycles. The molecule has 0 aliphatic carbocycles. The van der Waals surface area contributed by atoms with E-state index >= 15 is 0 Å². The van der Waals surface area contributed by atoms with Gasteiger partial charge in [0.2, 0.25) is 17.7 Å². The molecule has 3 N–H and O–H groups in total. The predicted octanol–water partition coefficient (Wildman–Crippen LogP) is 2.08. The van der Waals surface area contributed by atoms with Crippen LogP contribution in [0, 0.1) is 11.8 Å². The van der Waals surface area contributed by atoms with Gasteiger partial charge in [0.05, 0.1) is 29.2 Å². The molecule has 8 heteroatoms. The van der Waals surface area contributed by atoms with Crippen molar-refractivity contribution in [1.29, 1.82) is 0 Å². The largest absolute Gasteiger partial charge is 0.394 e. The molecule has 7 nitrogen and oxygen atoms in total. The van der Waals surface area contributed by atoms with Crippen LogP contribution in [0.4, 0.5) is 0 Å². The molecule has 3 fully saturated rings. The van der Waals surface area contributed by atoms with Gasteiger partial charge in [0, 0.05) is 17.8 Å². The number of aliphatic hydroxyl groups is 1. The molecular formula is C25H35N3O4S. The Kier molecular flexibility index (Phi) is 6.78. The van der Waals surface area contributed by atoms with Crippen molar-refractivity contribution in [3.63, 3.8) is 0 Å². The summed E-state index contributed by atoms with van der Waals surface area (Å²) in [5.41, 5.74) is 0.983. The first-order valence-electron chi connectivity index (χ1n) is 12.1. The highest BCUT2D eigenvalue weighted by Gasteiger charge is 2.77. The van der Waals surface area contributed by atoms with Gasteiger partial charge in [-0.2, -0.15) is 0 Å². The van der Waals surface area contributed by atoms with Crippen LogP contribution in [0.1, 0.15) is 52.0 Å². The molecule has 0 saturated carbocycles. The molecule has 0 radical (unpaired) electrons. The summed E-state index contributed by atoms with van der Waals surface area (Å²) < 4.78 is -1.02. The molecule has 4 rings (SSSR count). The Morgan fingerprint density at radius 1 is 1.18 bits per heavy atom. The van der Waals surface area contributed by atoms with Crippen LogP contribution in [0.3, 0.4) is 0 Å². The summed E-state index contributed by atoms with van der Waals surface area (Å²) in [6.07, 6.45) is 2.87. The van der Waals surface area contributed by atoms with Crippen LogP contribution in [0.15, 0.2) is 30.3 Å². The molecule has 6 atom stereocenters. The third kappa shape index (κ3) is 3.85. The van der Waals surface area contributed by atoms with Gasteiger partial charge >= 0.3 is 0 Å². The highest BCUT2D eigenvalue weighted by molar-refractivity contribution is 8.02. The van der Waals surface area contributed by atoms with E-state index in [1.165, 1.54) is 0 Å². The van der Waals surface area contributed by atoms with E-state index in [1.54, 1.807) is 16.7 Å². The minimum atomic E-state index is -0.702. The van der Waals surface area contributed by atoms with E-state index in [9.17, 15) is 19.5 Å². The minimum Gasteiger partial charge on any atom is -0.394 e. The van der Waals surface area contributed by atoms with E-state index in [4.69, 9.17) is 0 Å². The lowest BCUT2D eigenvalue weighted by Crippen LogP contribution is -2.56. The Morgan fingerprint density at radius 2 is 1.91 bits per heavy atom. The lowest BCUT2D eigenvalue weighted by atomic mass is 9.66. The average molecular weight is 474 g/mol. The maximum atomic E-state index is 13.9. The van der Waals surface area contributed by atoms with Gasteiger partial charge in [0.25, 0.3) is 0 Å². The normalized spacial score (nSPS) is 33.2. The molecule has 3 heterocycles. The number of amides is 3. The van der Waals surface area contributed by atoms with Crippen LogP contribution in [0.2, 0.25) is 0 Å². The summed E-state index contributed by atoms with van der Waals surface area (Å²) in [6, 6.07) is 8.53. The van der Waals surface area contributed by atoms with Gasteiger partial charge in [0.15, 0.2) is 0 Å². The van der Waals surface area contributed by atoms with Crippen molar-refractivity contribution in [3.8, 4) is 0 Å². The van der Waals surface area contributed by atoms with E-state index in [1.807, 2.05) is 44.2 Å². The number of rotatable bonds is 9. The van der Waals surface area contributed by atoms with Crippen LogP contribution in [-0.4, -0.2) is 62.5 Å². The second-order valence-electron chi connectivity index (χ2n) is 9.71. The number of hydrogen-bond acceptors (Lipinski definition) is 5. The maximum Gasteiger partial charge on any atom is 0.244 e. The van der Waals surface area contributed by atoms with Gasteiger partial charge in [-0.3, -0.25) is 14.4 Å². The Labute approximate surface area is 200 Å². The van der Waals surface area contributed by atoms with Crippen LogP contribution in [0.5, 0.6) is 0 Å². The molecule has 3 aliphatic rings. The monoisotopic (exact) mass is 473 g/mol. The first kappa shape index (κ1) is 24.1. The number of carbonyl (C=O) groups is 3. The fourth-order valence-corrected chi connectivity index (χ4v) is 8.45. The molecule has 1 aromatic rings. The first-order valence-corrected chi connectivity index (χ1v) is 12.9. The number of fused-ring (bicyclic) bond motifs is 1. The van der Waals surface area contributed by atoms with Gasteiger partial charge in [0.1, 0.15) is 6.04 Å². The molecule has 2 bridgehead atoms. The van der Waals surface area contributed by atoms with Crippen LogP contribution >= 0.6 is 11.8 Å². The summed E-state index contributed by atoms with van der Waals surface area (Å²) in [4.78, 5) is 42.4. The fraction of sp³-hybridized carbons (Fsp3) is 0.640. The third-order valence-corrected chi connectivity index (χ3v) is 9.67. The Balaban J connectivity index is 1.69. The van der Waals surface area contributed by atoms with Gasteiger partial charge in [-0.15, -0.1) is 11.8 Å². The summed E-state index contributed by atoms with van der Waals surface area (Å²) in [7, 11) is 0. The highest BCUT2D eigenvalue weighted by Crippen LogP contribution is 2.71. The van der Waals surface area contributed by atoms with E-state index in [0.29, 0.717) is 25.9 Å². The summed E-state index contributed by atoms with van der Waals surface area (Å²) in [5.74, 6) is -1.47. The molecule has 2 unspecified atom stereocenters. The number of hydrogen-bond donors (Lipinski definition) is 3. The van der Waals surface area contributed by atoms with E-state index in [-0.39, 0.29) is 29.1 Å². The zero-order chi connectivity index (χ0) is 23.8. The molecule has 3 aliphatic heterocycles. The number of benzene rings is 1. The topological polar surface area (TPSA) is 98.7 Å². The van der Waals surface area contributed by atoms with Crippen molar-refractivity contribution < 1.29 is 19.5 Å². The second kappa shape index (κ2) is 9.29. The Bertz CT molecular complexity index is 908. The Morgan fingerprint density at radius 3 is 2.55 bits per heavy atom. The molecule has 1 spiro atoms. The quantitative estimate of drug-likeness (QED) is 0.510. The number of aliphatic hydroxyl groups excluding tert-OH is 1. The highest BCUT2D eigenvalue weighted by atomic mass is 32.2. The molecular weight excluding hydrogens is 438 g/mol. The summed E-state index contributed by atoms with van der Waals surface area (Å²) in [6.45, 7) is 6.72. The Hall–Kier alpha value is -2.06. The van der Waals surface area contributed by atoms with Crippen molar-refractivity contribution in [2.75, 3.05) is 13.2 Å². The first-order chi connectivity index (χ1) is 15.8. The van der Waals surface area contributed by atoms with E-state index in [2.05, 4.69) is 17.6 Å². The fourth-order valence-electron chi connectivity index (χ4n) is 6.11. The number of thioether (sulfide) groups is 1. The predicted molar refractivity (Wildman–Crippen MR) is 128 cm³/mol. The van der Waals surface area contributed by atoms with Gasteiger partial charge in [-0.25, -0.2) is 0 Å². The van der Waals surface area contributed by atoms with Crippen molar-refractivity contribution in [3.05, 3.63) is 35.9 Å². The second-order valence-corrected chi connectivity index (χ2v) is 11.6. The summed E-state index contributed by atoms with van der Waals surface area (Å²) in [5, 5.41) is 16.1. The zero-order valence-electron chi connectivity index (χ0n) is 19.7. The van der Waals surface area contributed by atoms with E-state index < -0.39 is 28.7 Å². The number of nitrogens with one attached hydrogen (secondary N) is 2. The average Bonchev–Trinajstić information content (AvgIpc) is 3.39. The summed E-state index contributed by atoms with van der Waals surface area (Å²) >= 11 is 1.66. The van der Waals surface area contributed by atoms with E-state index in [0.717, 1.165) is 18.4 Å². The number of likely N-dealkylation sites (tertiary alicyclic amines) is 1. The van der Waals surface area contributed by atoms with Gasteiger partial charge in [-0.05, 0) is 38.2 Å². The van der Waals surface area contributed by atoms with Gasteiger partial charge < -0.3 is 20.6 Å². The van der Waals surface area contributed by atoms with Crippen molar-refractivity contribution in [1.82, 2.24) is 15.5 Å². The van der Waals surface area contributed by atoms with Gasteiger partial charge in [-0.1, -0.05) is 44.2 Å². The van der Waals surface area contributed by atoms with Crippen LogP contribution in [-0.2, 0) is 20.9 Å². The van der Waals surface area contributed by atoms with Crippen molar-refractivity contribution in [2.45, 2.75) is 74.6 Å². The smallest absolute Gasteiger partial charge is 0.244 e. The van der Waals surface area contributed by atoms with Crippen molar-refractivity contribution in [2.24, 2.45) is 11.8 Å². The van der Waals surface area contributed by atoms with Crippen molar-refractivity contribution >= 4 is 29.5 Å². The SMILES string of the molecule is CCCNC(=O)[C@@H]1[C@H]2C(=O)N([C@@H](CC)CO)C(C(=O)NCc3ccccc3)C23CC[C@@]1(C)S3. The standard InChI is InChI=1S/C25H35N3O4S/c1-4-13-26-21(30)18-19-23(32)28(17(5-2)15-29)20(25(19)12-11-24(18,3)33-25)22(31)27-14-16-9-7-6-8-10-16/h6-10,17-20,29H,4-5,11-15H2,1-3H3,(H,26,30)(H,27,31)/t17-,18-,19-,20?,24+,25?/m0/s1. The molecule has 180 valence electrons. The molecule has 3 saturated heterocycles. The third-order valence-electron chi connectivity index (χ3n) is 7.68. The van der Waals surface area contributed by atoms with Crippen LogP contribution in [0.25, 0.3) is 0 Å². The number of nitrogens with zero attached hydrogens (tertiary/aromatic N) is 1.